The lowest BCUT2D eigenvalue weighted by atomic mass is 9.86. The van der Waals surface area contributed by atoms with Gasteiger partial charge in [-0.3, -0.25) is 9.74 Å². The third-order valence-electron chi connectivity index (χ3n) is 9.85. The Morgan fingerprint density at radius 3 is 2.30 bits per heavy atom. The summed E-state index contributed by atoms with van der Waals surface area (Å²) < 4.78 is 31.5. The highest BCUT2D eigenvalue weighted by molar-refractivity contribution is 5.67. The molecule has 47 heavy (non-hydrogen) atoms. The smallest absolute Gasteiger partial charge is 0.271 e. The lowest BCUT2D eigenvalue weighted by Gasteiger charge is -2.39. The third kappa shape index (κ3) is 5.09. The van der Waals surface area contributed by atoms with Gasteiger partial charge in [0, 0.05) is 30.7 Å². The summed E-state index contributed by atoms with van der Waals surface area (Å²) in [5, 5.41) is 9.81. The molecule has 4 aromatic rings. The summed E-state index contributed by atoms with van der Waals surface area (Å²) >= 11 is 0. The number of rotatable bonds is 4. The maximum Gasteiger partial charge on any atom is 0.271 e. The molecule has 9 heteroatoms. The predicted octanol–water partition coefficient (Wildman–Crippen LogP) is 7.39. The van der Waals surface area contributed by atoms with E-state index in [4.69, 9.17) is 30.3 Å². The van der Waals surface area contributed by atoms with E-state index in [1.54, 1.807) is 14.2 Å². The van der Waals surface area contributed by atoms with Gasteiger partial charge in [0.1, 0.15) is 5.75 Å². The molecule has 0 N–H and O–H groups in total. The molecular weight excluding hydrogens is 592 g/mol. The molecule has 0 aromatic heterocycles. The van der Waals surface area contributed by atoms with E-state index in [0.717, 1.165) is 53.7 Å². The van der Waals surface area contributed by atoms with Crippen molar-refractivity contribution in [2.75, 3.05) is 40.5 Å². The molecule has 5 aliphatic rings. The van der Waals surface area contributed by atoms with Gasteiger partial charge in [0.15, 0.2) is 34.5 Å². The summed E-state index contributed by atoms with van der Waals surface area (Å²) in [6, 6.07) is 22.6. The second-order valence-corrected chi connectivity index (χ2v) is 12.4. The van der Waals surface area contributed by atoms with Crippen LogP contribution in [0.1, 0.15) is 45.5 Å². The average Bonchev–Trinajstić information content (AvgIpc) is 3.09. The van der Waals surface area contributed by atoms with Gasteiger partial charge in [0.2, 0.25) is 5.75 Å². The molecular formula is C38H34N4O5. The van der Waals surface area contributed by atoms with Gasteiger partial charge in [0.25, 0.3) is 6.67 Å². The molecule has 5 aliphatic heterocycles. The lowest BCUT2D eigenvalue weighted by molar-refractivity contribution is 0.197. The largest absolute Gasteiger partial charge is 0.493 e. The first kappa shape index (κ1) is 29.2. The van der Waals surface area contributed by atoms with E-state index in [0.29, 0.717) is 72.1 Å². The zero-order chi connectivity index (χ0) is 32.1. The second-order valence-electron chi connectivity index (χ2n) is 12.4. The Bertz CT molecular complexity index is 1960. The Labute approximate surface area is 274 Å². The van der Waals surface area contributed by atoms with Gasteiger partial charge >= 0.3 is 0 Å². The molecule has 0 spiro atoms. The van der Waals surface area contributed by atoms with Gasteiger partial charge in [-0.1, -0.05) is 18.2 Å². The van der Waals surface area contributed by atoms with Crippen molar-refractivity contribution >= 4 is 0 Å². The van der Waals surface area contributed by atoms with E-state index in [1.807, 2.05) is 24.3 Å². The fourth-order valence-electron chi connectivity index (χ4n) is 7.55. The molecule has 0 aliphatic carbocycles. The lowest BCUT2D eigenvalue weighted by Crippen LogP contribution is -2.37. The van der Waals surface area contributed by atoms with Crippen molar-refractivity contribution < 1.29 is 23.7 Å². The van der Waals surface area contributed by atoms with E-state index in [1.165, 1.54) is 5.56 Å². The zero-order valence-electron chi connectivity index (χ0n) is 26.4. The van der Waals surface area contributed by atoms with Crippen molar-refractivity contribution in [1.29, 1.82) is 5.26 Å². The second kappa shape index (κ2) is 11.9. The van der Waals surface area contributed by atoms with Crippen LogP contribution in [0.25, 0.3) is 4.85 Å². The van der Waals surface area contributed by atoms with Crippen LogP contribution in [0.15, 0.2) is 60.7 Å². The summed E-state index contributed by atoms with van der Waals surface area (Å²) in [4.78, 5) is 8.24. The van der Waals surface area contributed by atoms with Crippen LogP contribution in [0.4, 0.5) is 0 Å². The standard InChI is InChI=1S/C38H34N4O5/c1-40-22-42-14-10-25-19-33-34-21-28(25)29(42)17-24-6-9-31(43-2)32(18-24)45-27-7-4-23(5-8-27)16-30-36-26(11-13-41(30)15-12-39)20-35(44-3)37(46-33)38(36)47-34/h4-9,18-21,29-30H,10-11,13-17,22H2,2-3H3/t29-,30-/m0/s1. The Morgan fingerprint density at radius 2 is 1.51 bits per heavy atom. The number of benzene rings is 4. The maximum atomic E-state index is 9.81. The van der Waals surface area contributed by atoms with Crippen molar-refractivity contribution in [3.8, 4) is 52.1 Å². The average molecular weight is 627 g/mol. The van der Waals surface area contributed by atoms with Crippen LogP contribution in [-0.4, -0.2) is 50.3 Å². The van der Waals surface area contributed by atoms with E-state index < -0.39 is 0 Å². The summed E-state index contributed by atoms with van der Waals surface area (Å²) in [7, 11) is 3.30. The van der Waals surface area contributed by atoms with Crippen molar-refractivity contribution in [3.05, 3.63) is 105 Å². The van der Waals surface area contributed by atoms with Gasteiger partial charge in [0.05, 0.1) is 26.8 Å². The minimum Gasteiger partial charge on any atom is -0.493 e. The first-order valence-corrected chi connectivity index (χ1v) is 15.9. The third-order valence-corrected chi connectivity index (χ3v) is 9.85. The van der Waals surface area contributed by atoms with E-state index in [-0.39, 0.29) is 12.1 Å². The number of methoxy groups -OCH3 is 2. The summed E-state index contributed by atoms with van der Waals surface area (Å²) in [6.07, 6.45) is 2.90. The molecule has 236 valence electrons. The van der Waals surface area contributed by atoms with Crippen LogP contribution < -0.4 is 23.7 Å². The van der Waals surface area contributed by atoms with Crippen LogP contribution >= 0.6 is 0 Å². The molecule has 0 unspecified atom stereocenters. The van der Waals surface area contributed by atoms with Gasteiger partial charge in [-0.25, -0.2) is 11.5 Å². The molecule has 9 rings (SSSR count). The number of hydrogen-bond acceptors (Lipinski definition) is 8. The molecule has 5 heterocycles. The molecule has 7 bridgehead atoms. The number of ether oxygens (including phenoxy) is 5. The van der Waals surface area contributed by atoms with E-state index in [9.17, 15) is 5.26 Å². The summed E-state index contributed by atoms with van der Waals surface area (Å²) in [6.45, 7) is 9.80. The van der Waals surface area contributed by atoms with E-state index in [2.05, 4.69) is 57.1 Å². The maximum absolute atomic E-state index is 9.81. The SMILES string of the molecule is [C-]#[N+]CN1CCc2cc3c4cc2[C@@H]1Cc1ccc(OC)c(c1)Oc1ccc(cc1)C[C@H]1c2c(cc(OC)c(c2O4)O3)CCN1CC#N. The molecule has 4 aromatic carbocycles. The minimum atomic E-state index is -0.120. The topological polar surface area (TPSA) is 80.8 Å². The van der Waals surface area contributed by atoms with Gasteiger partial charge < -0.3 is 23.7 Å². The number of nitriles is 1. The molecule has 0 radical (unpaired) electrons. The molecule has 2 atom stereocenters. The van der Waals surface area contributed by atoms with Gasteiger partial charge in [-0.15, -0.1) is 0 Å². The summed E-state index contributed by atoms with van der Waals surface area (Å²) in [5.74, 6) is 5.13. The highest BCUT2D eigenvalue weighted by Crippen LogP contribution is 2.57. The normalized spacial score (nSPS) is 19.2. The number of hydrogen-bond donors (Lipinski definition) is 0. The monoisotopic (exact) mass is 626 g/mol. The Morgan fingerprint density at radius 1 is 0.787 bits per heavy atom. The van der Waals surface area contributed by atoms with Crippen molar-refractivity contribution in [2.24, 2.45) is 0 Å². The minimum absolute atomic E-state index is 0.0550. The Hall–Kier alpha value is -5.22. The van der Waals surface area contributed by atoms with Crippen molar-refractivity contribution in [3.63, 3.8) is 0 Å². The predicted molar refractivity (Wildman–Crippen MR) is 175 cm³/mol. The van der Waals surface area contributed by atoms with Crippen LogP contribution in [0.2, 0.25) is 0 Å². The molecule has 0 saturated carbocycles. The quantitative estimate of drug-likeness (QED) is 0.151. The Balaban J connectivity index is 1.34. The van der Waals surface area contributed by atoms with Crippen LogP contribution in [0.5, 0.6) is 46.0 Å². The highest BCUT2D eigenvalue weighted by atomic mass is 16.6. The fourth-order valence-corrected chi connectivity index (χ4v) is 7.55. The molecule has 0 amide bonds. The van der Waals surface area contributed by atoms with Crippen LogP contribution in [0.3, 0.4) is 0 Å². The first-order chi connectivity index (χ1) is 23.1. The van der Waals surface area contributed by atoms with Gasteiger partial charge in [-0.05, 0) is 96.0 Å². The number of nitrogens with zero attached hydrogens (tertiary/aromatic N) is 4. The van der Waals surface area contributed by atoms with Gasteiger partial charge in [-0.2, -0.15) is 5.26 Å². The molecule has 0 saturated heterocycles. The molecule has 9 nitrogen and oxygen atoms in total. The Kier molecular flexibility index (Phi) is 7.37. The van der Waals surface area contributed by atoms with Crippen LogP contribution in [-0.2, 0) is 25.7 Å². The summed E-state index contributed by atoms with van der Waals surface area (Å²) in [5.41, 5.74) is 6.64. The molecule has 0 fully saturated rings. The number of fused-ring (bicyclic) bond motifs is 2. The first-order valence-electron chi connectivity index (χ1n) is 15.9. The zero-order valence-corrected chi connectivity index (χ0v) is 26.4. The van der Waals surface area contributed by atoms with Crippen molar-refractivity contribution in [1.82, 2.24) is 9.80 Å². The van der Waals surface area contributed by atoms with E-state index >= 15 is 0 Å². The highest BCUT2D eigenvalue weighted by Gasteiger charge is 2.38. The van der Waals surface area contributed by atoms with Crippen molar-refractivity contribution in [2.45, 2.75) is 37.8 Å². The fraction of sp³-hybridized carbons (Fsp3) is 0.316. The van der Waals surface area contributed by atoms with Crippen LogP contribution in [0, 0.1) is 17.9 Å².